The van der Waals surface area contributed by atoms with Gasteiger partial charge in [-0.3, -0.25) is 9.69 Å². The second-order valence-electron chi connectivity index (χ2n) is 7.76. The fourth-order valence-corrected chi connectivity index (χ4v) is 3.41. The van der Waals surface area contributed by atoms with Crippen LogP contribution in [0.2, 0.25) is 0 Å². The molecule has 2 fully saturated rings. The smallest absolute Gasteiger partial charge is 0.243 e. The number of aliphatic hydroxyl groups excluding tert-OH is 1. The lowest BCUT2D eigenvalue weighted by Gasteiger charge is -2.34. The molecule has 1 aromatic heterocycles. The quantitative estimate of drug-likeness (QED) is 0.869. The van der Waals surface area contributed by atoms with Crippen LogP contribution in [-0.2, 0) is 14.9 Å². The Kier molecular flexibility index (Phi) is 4.94. The Balaban J connectivity index is 1.67. The minimum absolute atomic E-state index is 0.133. The molecule has 134 valence electrons. The Morgan fingerprint density at radius 3 is 2.71 bits per heavy atom. The van der Waals surface area contributed by atoms with E-state index in [1.807, 2.05) is 20.8 Å². The van der Waals surface area contributed by atoms with Gasteiger partial charge in [-0.1, -0.05) is 25.9 Å². The third-order valence-corrected chi connectivity index (χ3v) is 4.78. The number of ether oxygens (including phenoxy) is 1. The van der Waals surface area contributed by atoms with E-state index in [1.165, 1.54) is 0 Å². The van der Waals surface area contributed by atoms with Crippen LogP contribution < -0.4 is 5.32 Å². The molecular formula is C17H27N3O4. The number of carbonyl (C=O) groups excluding carboxylic acids is 1. The number of hydrogen-bond acceptors (Lipinski definition) is 6. The zero-order valence-corrected chi connectivity index (χ0v) is 14.6. The predicted molar refractivity (Wildman–Crippen MR) is 88.8 cm³/mol. The van der Waals surface area contributed by atoms with Gasteiger partial charge in [0.25, 0.3) is 0 Å². The molecule has 3 heterocycles. The average molecular weight is 337 g/mol. The third-order valence-electron chi connectivity index (χ3n) is 4.78. The van der Waals surface area contributed by atoms with Crippen molar-refractivity contribution in [3.05, 3.63) is 11.8 Å². The van der Waals surface area contributed by atoms with E-state index in [9.17, 15) is 9.90 Å². The van der Waals surface area contributed by atoms with Crippen molar-refractivity contribution in [1.29, 1.82) is 0 Å². The van der Waals surface area contributed by atoms with Gasteiger partial charge < -0.3 is 19.7 Å². The maximum atomic E-state index is 12.7. The molecule has 0 radical (unpaired) electrons. The van der Waals surface area contributed by atoms with Gasteiger partial charge in [-0.05, 0) is 19.3 Å². The zero-order chi connectivity index (χ0) is 17.3. The Labute approximate surface area is 142 Å². The summed E-state index contributed by atoms with van der Waals surface area (Å²) in [6.07, 6.45) is 1.78. The van der Waals surface area contributed by atoms with Crippen LogP contribution in [0.4, 0.5) is 5.82 Å². The number of nitrogens with zero attached hydrogens (tertiary/aromatic N) is 2. The van der Waals surface area contributed by atoms with Crippen LogP contribution in [0.15, 0.2) is 10.6 Å². The molecule has 0 unspecified atom stereocenters. The summed E-state index contributed by atoms with van der Waals surface area (Å²) in [7, 11) is 0. The van der Waals surface area contributed by atoms with Crippen molar-refractivity contribution in [2.75, 3.05) is 25.1 Å². The van der Waals surface area contributed by atoms with Crippen LogP contribution in [0.3, 0.4) is 0 Å². The minimum atomic E-state index is -0.467. The Morgan fingerprint density at radius 2 is 2.08 bits per heavy atom. The second kappa shape index (κ2) is 6.82. The number of nitrogens with one attached hydrogen (secondary N) is 1. The highest BCUT2D eigenvalue weighted by Crippen LogP contribution is 2.28. The van der Waals surface area contributed by atoms with Crippen LogP contribution in [-0.4, -0.2) is 59.0 Å². The van der Waals surface area contributed by atoms with Gasteiger partial charge in [0.05, 0.1) is 12.1 Å². The van der Waals surface area contributed by atoms with E-state index in [4.69, 9.17) is 9.26 Å². The molecular weight excluding hydrogens is 310 g/mol. The Bertz CT molecular complexity index is 575. The Hall–Kier alpha value is -1.44. The molecule has 2 aliphatic rings. The van der Waals surface area contributed by atoms with Gasteiger partial charge in [-0.2, -0.15) is 0 Å². The number of carbonyl (C=O) groups is 1. The highest BCUT2D eigenvalue weighted by Gasteiger charge is 2.40. The lowest BCUT2D eigenvalue weighted by Crippen LogP contribution is -2.47. The summed E-state index contributed by atoms with van der Waals surface area (Å²) in [4.78, 5) is 14.8. The number of amides is 1. The van der Waals surface area contributed by atoms with Crippen molar-refractivity contribution >= 4 is 11.7 Å². The maximum absolute atomic E-state index is 12.7. The molecule has 0 aliphatic carbocycles. The van der Waals surface area contributed by atoms with Gasteiger partial charge in [0.2, 0.25) is 5.91 Å². The van der Waals surface area contributed by atoms with Gasteiger partial charge in [-0.15, -0.1) is 0 Å². The minimum Gasteiger partial charge on any atom is -0.392 e. The summed E-state index contributed by atoms with van der Waals surface area (Å²) in [5, 5.41) is 16.8. The van der Waals surface area contributed by atoms with Gasteiger partial charge in [0.1, 0.15) is 5.76 Å². The molecule has 2 N–H and O–H groups in total. The molecule has 0 spiro atoms. The number of β-amino-alcohol motifs (C(OH)–C–C–N with tert-alkyl or cyclic N) is 1. The zero-order valence-electron chi connectivity index (χ0n) is 14.6. The fraction of sp³-hybridized carbons (Fsp3) is 0.765. The lowest BCUT2D eigenvalue weighted by molar-refractivity contribution is -0.121. The van der Waals surface area contributed by atoms with E-state index in [0.29, 0.717) is 32.0 Å². The first-order valence-electron chi connectivity index (χ1n) is 8.64. The van der Waals surface area contributed by atoms with E-state index < -0.39 is 6.10 Å². The van der Waals surface area contributed by atoms with Crippen LogP contribution in [0, 0.1) is 0 Å². The first-order chi connectivity index (χ1) is 11.3. The van der Waals surface area contributed by atoms with Crippen molar-refractivity contribution in [3.8, 4) is 0 Å². The number of aliphatic hydroxyl groups is 1. The number of likely N-dealkylation sites (tertiary alicyclic amines) is 1. The molecule has 0 bridgehead atoms. The van der Waals surface area contributed by atoms with Gasteiger partial charge in [0, 0.05) is 37.3 Å². The van der Waals surface area contributed by atoms with Gasteiger partial charge in [0.15, 0.2) is 5.82 Å². The number of hydrogen-bond donors (Lipinski definition) is 2. The summed E-state index contributed by atoms with van der Waals surface area (Å²) in [5.74, 6) is 1.02. The first-order valence-corrected chi connectivity index (χ1v) is 8.64. The monoisotopic (exact) mass is 337 g/mol. The number of rotatable bonds is 3. The van der Waals surface area contributed by atoms with Crippen molar-refractivity contribution < 1.29 is 19.2 Å². The van der Waals surface area contributed by atoms with E-state index in [-0.39, 0.29) is 23.4 Å². The second-order valence-corrected chi connectivity index (χ2v) is 7.76. The topological polar surface area (TPSA) is 87.8 Å². The molecule has 2 atom stereocenters. The molecule has 7 nitrogen and oxygen atoms in total. The van der Waals surface area contributed by atoms with Crippen molar-refractivity contribution in [3.63, 3.8) is 0 Å². The van der Waals surface area contributed by atoms with Crippen LogP contribution in [0.5, 0.6) is 0 Å². The summed E-state index contributed by atoms with van der Waals surface area (Å²) in [6.45, 7) is 8.04. The van der Waals surface area contributed by atoms with Crippen molar-refractivity contribution in [2.45, 2.75) is 63.6 Å². The van der Waals surface area contributed by atoms with Crippen LogP contribution in [0.25, 0.3) is 0 Å². The van der Waals surface area contributed by atoms with Crippen molar-refractivity contribution in [2.24, 2.45) is 0 Å². The maximum Gasteiger partial charge on any atom is 0.243 e. The summed E-state index contributed by atoms with van der Waals surface area (Å²) in [5.41, 5.74) is -0.159. The standard InChI is InChI=1S/C17H27N3O4/c1-17(2,3)14-9-15(19-24-14)18-16(22)13-8-12(21)10-20(13)11-4-6-23-7-5-11/h9,11-13,21H,4-8,10H2,1-3H3,(H,18,19,22)/t12-,13+/m1/s1. The summed E-state index contributed by atoms with van der Waals surface area (Å²) < 4.78 is 10.7. The molecule has 0 saturated carbocycles. The summed E-state index contributed by atoms with van der Waals surface area (Å²) >= 11 is 0. The van der Waals surface area contributed by atoms with E-state index in [2.05, 4.69) is 15.4 Å². The highest BCUT2D eigenvalue weighted by molar-refractivity contribution is 5.94. The van der Waals surface area contributed by atoms with Crippen molar-refractivity contribution in [1.82, 2.24) is 10.1 Å². The van der Waals surface area contributed by atoms with Crippen LogP contribution >= 0.6 is 0 Å². The van der Waals surface area contributed by atoms with E-state index in [1.54, 1.807) is 6.07 Å². The van der Waals surface area contributed by atoms with E-state index in [0.717, 1.165) is 18.6 Å². The molecule has 24 heavy (non-hydrogen) atoms. The SMILES string of the molecule is CC(C)(C)c1cc(NC(=O)[C@@H]2C[C@@H](O)CN2C2CCOCC2)no1. The molecule has 2 saturated heterocycles. The predicted octanol–water partition coefficient (Wildman–Crippen LogP) is 1.52. The lowest BCUT2D eigenvalue weighted by atomic mass is 9.93. The van der Waals surface area contributed by atoms with Gasteiger partial charge in [-0.25, -0.2) is 0 Å². The average Bonchev–Trinajstić information content (AvgIpc) is 3.14. The molecule has 1 aromatic rings. The third kappa shape index (κ3) is 3.79. The molecule has 3 rings (SSSR count). The molecule has 0 aromatic carbocycles. The molecule has 2 aliphatic heterocycles. The number of anilines is 1. The largest absolute Gasteiger partial charge is 0.392 e. The van der Waals surface area contributed by atoms with Crippen LogP contribution in [0.1, 0.15) is 45.8 Å². The van der Waals surface area contributed by atoms with E-state index >= 15 is 0 Å². The normalized spacial score (nSPS) is 26.7. The Morgan fingerprint density at radius 1 is 1.38 bits per heavy atom. The molecule has 7 heteroatoms. The number of aromatic nitrogens is 1. The fourth-order valence-electron chi connectivity index (χ4n) is 3.41. The highest BCUT2D eigenvalue weighted by atomic mass is 16.5. The van der Waals surface area contributed by atoms with Gasteiger partial charge >= 0.3 is 0 Å². The molecule has 1 amide bonds. The summed E-state index contributed by atoms with van der Waals surface area (Å²) in [6, 6.07) is 1.72. The first kappa shape index (κ1) is 17.4.